The lowest BCUT2D eigenvalue weighted by molar-refractivity contribution is -0.115. The zero-order chi connectivity index (χ0) is 20.6. The summed E-state index contributed by atoms with van der Waals surface area (Å²) < 4.78 is 0. The minimum atomic E-state index is -0.190. The number of benzene rings is 2. The van der Waals surface area contributed by atoms with Crippen LogP contribution in [0, 0.1) is 0 Å². The molecule has 0 radical (unpaired) electrons. The molecular weight excluding hydrogens is 431 g/mol. The maximum absolute atomic E-state index is 12.1. The maximum Gasteiger partial charge on any atom is 0.240 e. The molecule has 0 saturated carbocycles. The molecule has 0 aliphatic carbocycles. The number of H-pyrrole nitrogens is 1. The van der Waals surface area contributed by atoms with Gasteiger partial charge >= 0.3 is 0 Å². The van der Waals surface area contributed by atoms with Gasteiger partial charge in [-0.25, -0.2) is 10.5 Å². The van der Waals surface area contributed by atoms with Crippen molar-refractivity contribution in [1.29, 1.82) is 0 Å². The SMILES string of the molecule is C/C(=N\Nc1nc(SCCC(=O)Nc2c(Cl)cccc2Cl)n[nH]1)c1ccccc1. The Bertz CT molecular complexity index is 989. The minimum absolute atomic E-state index is 0.190. The summed E-state index contributed by atoms with van der Waals surface area (Å²) in [5.41, 5.74) is 5.10. The molecule has 0 atom stereocenters. The van der Waals surface area contributed by atoms with E-state index in [0.717, 1.165) is 11.3 Å². The van der Waals surface area contributed by atoms with Crippen molar-refractivity contribution in [2.24, 2.45) is 5.10 Å². The van der Waals surface area contributed by atoms with Crippen molar-refractivity contribution in [3.8, 4) is 0 Å². The molecule has 1 amide bonds. The molecular formula is C19H18Cl2N6OS. The highest BCUT2D eigenvalue weighted by atomic mass is 35.5. The van der Waals surface area contributed by atoms with Gasteiger partial charge in [0.2, 0.25) is 17.0 Å². The summed E-state index contributed by atoms with van der Waals surface area (Å²) >= 11 is 13.5. The molecule has 0 saturated heterocycles. The van der Waals surface area contributed by atoms with Gasteiger partial charge in [-0.1, -0.05) is 71.4 Å². The molecule has 0 spiro atoms. The van der Waals surface area contributed by atoms with Crippen LogP contribution in [0.2, 0.25) is 10.0 Å². The maximum atomic E-state index is 12.1. The topological polar surface area (TPSA) is 95.1 Å². The van der Waals surface area contributed by atoms with Gasteiger partial charge in [0.15, 0.2) is 0 Å². The number of carbonyl (C=O) groups is 1. The van der Waals surface area contributed by atoms with E-state index in [1.165, 1.54) is 11.8 Å². The lowest BCUT2D eigenvalue weighted by Gasteiger charge is -2.08. The van der Waals surface area contributed by atoms with Crippen LogP contribution in [-0.2, 0) is 4.79 Å². The minimum Gasteiger partial charge on any atom is -0.324 e. The van der Waals surface area contributed by atoms with Crippen molar-refractivity contribution in [3.05, 3.63) is 64.1 Å². The molecule has 3 N–H and O–H groups in total. The number of hydrogen-bond donors (Lipinski definition) is 3. The molecule has 29 heavy (non-hydrogen) atoms. The highest BCUT2D eigenvalue weighted by molar-refractivity contribution is 7.99. The molecule has 150 valence electrons. The molecule has 10 heteroatoms. The van der Waals surface area contributed by atoms with Crippen LogP contribution in [0.4, 0.5) is 11.6 Å². The number of nitrogens with one attached hydrogen (secondary N) is 3. The van der Waals surface area contributed by atoms with Gasteiger partial charge in [0.05, 0.1) is 21.4 Å². The third-order valence-corrected chi connectivity index (χ3v) is 5.25. The first kappa shape index (κ1) is 21.2. The van der Waals surface area contributed by atoms with Crippen molar-refractivity contribution in [3.63, 3.8) is 0 Å². The Kier molecular flexibility index (Phi) is 7.51. The van der Waals surface area contributed by atoms with Crippen LogP contribution < -0.4 is 10.7 Å². The average Bonchev–Trinajstić information content (AvgIpc) is 3.17. The largest absolute Gasteiger partial charge is 0.324 e. The molecule has 2 aromatic carbocycles. The zero-order valence-electron chi connectivity index (χ0n) is 15.4. The normalized spacial score (nSPS) is 11.3. The second-order valence-electron chi connectivity index (χ2n) is 5.88. The molecule has 0 aliphatic heterocycles. The molecule has 0 aliphatic rings. The lowest BCUT2D eigenvalue weighted by Crippen LogP contribution is -2.12. The summed E-state index contributed by atoms with van der Waals surface area (Å²) in [6.07, 6.45) is 0.259. The van der Waals surface area contributed by atoms with Crippen LogP contribution in [0.5, 0.6) is 0 Å². The van der Waals surface area contributed by atoms with Crippen LogP contribution in [0.1, 0.15) is 18.9 Å². The van der Waals surface area contributed by atoms with E-state index in [9.17, 15) is 4.79 Å². The molecule has 1 heterocycles. The second kappa shape index (κ2) is 10.3. The predicted molar refractivity (Wildman–Crippen MR) is 119 cm³/mol. The number of halogens is 2. The van der Waals surface area contributed by atoms with Gasteiger partial charge in [-0.15, -0.1) is 5.10 Å². The first-order valence-electron chi connectivity index (χ1n) is 8.67. The van der Waals surface area contributed by atoms with Crippen LogP contribution in [-0.4, -0.2) is 32.6 Å². The number of nitrogens with zero attached hydrogens (tertiary/aromatic N) is 3. The Morgan fingerprint density at radius 2 is 1.86 bits per heavy atom. The van der Waals surface area contributed by atoms with E-state index in [2.05, 4.69) is 31.0 Å². The smallest absolute Gasteiger partial charge is 0.240 e. The standard InChI is InChI=1S/C19H18Cl2N6OS/c1-12(13-6-3-2-4-7-13)24-25-18-23-19(27-26-18)29-11-10-16(28)22-17-14(20)8-5-9-15(17)21/h2-9H,10-11H2,1H3,(H,22,28)(H2,23,25,26,27)/b24-12+. The number of para-hydroxylation sites is 1. The summed E-state index contributed by atoms with van der Waals surface area (Å²) in [6, 6.07) is 14.9. The van der Waals surface area contributed by atoms with Gasteiger partial charge in [0.1, 0.15) is 0 Å². The van der Waals surface area contributed by atoms with Crippen molar-refractivity contribution >= 4 is 58.2 Å². The summed E-state index contributed by atoms with van der Waals surface area (Å²) in [7, 11) is 0. The molecule has 0 unspecified atom stereocenters. The number of aromatic amines is 1. The van der Waals surface area contributed by atoms with Gasteiger partial charge in [-0.05, 0) is 24.6 Å². The fraction of sp³-hybridized carbons (Fsp3) is 0.158. The number of hydrazone groups is 1. The van der Waals surface area contributed by atoms with E-state index in [0.29, 0.717) is 32.6 Å². The van der Waals surface area contributed by atoms with Crippen LogP contribution >= 0.6 is 35.0 Å². The molecule has 0 bridgehead atoms. The van der Waals surface area contributed by atoms with Crippen molar-refractivity contribution in [2.45, 2.75) is 18.5 Å². The lowest BCUT2D eigenvalue weighted by atomic mass is 10.1. The van der Waals surface area contributed by atoms with Gasteiger partial charge in [0.25, 0.3) is 0 Å². The third kappa shape index (κ3) is 6.22. The number of hydrogen-bond acceptors (Lipinski definition) is 6. The predicted octanol–water partition coefficient (Wildman–Crippen LogP) is 5.07. The molecule has 1 aromatic heterocycles. The summed E-state index contributed by atoms with van der Waals surface area (Å²) in [5, 5.41) is 15.2. The fourth-order valence-electron chi connectivity index (χ4n) is 2.30. The molecule has 7 nitrogen and oxygen atoms in total. The molecule has 0 fully saturated rings. The van der Waals surface area contributed by atoms with Crippen molar-refractivity contribution in [2.75, 3.05) is 16.5 Å². The number of rotatable bonds is 8. The van der Waals surface area contributed by atoms with Crippen LogP contribution in [0.15, 0.2) is 58.8 Å². The Morgan fingerprint density at radius 1 is 1.14 bits per heavy atom. The molecule has 3 rings (SSSR count). The van der Waals surface area contributed by atoms with Crippen molar-refractivity contribution in [1.82, 2.24) is 15.2 Å². The Morgan fingerprint density at radius 3 is 2.59 bits per heavy atom. The Hall–Kier alpha value is -2.55. The highest BCUT2D eigenvalue weighted by Crippen LogP contribution is 2.30. The highest BCUT2D eigenvalue weighted by Gasteiger charge is 2.10. The van der Waals surface area contributed by atoms with E-state index in [4.69, 9.17) is 23.2 Å². The summed E-state index contributed by atoms with van der Waals surface area (Å²) in [4.78, 5) is 16.4. The monoisotopic (exact) mass is 448 g/mol. The number of anilines is 2. The van der Waals surface area contributed by atoms with Gasteiger partial charge in [0, 0.05) is 12.2 Å². The van der Waals surface area contributed by atoms with Crippen LogP contribution in [0.25, 0.3) is 0 Å². The second-order valence-corrected chi connectivity index (χ2v) is 7.76. The van der Waals surface area contributed by atoms with E-state index in [1.807, 2.05) is 37.3 Å². The Balaban J connectivity index is 1.46. The van der Waals surface area contributed by atoms with Gasteiger partial charge < -0.3 is 5.32 Å². The van der Waals surface area contributed by atoms with Gasteiger partial charge in [-0.3, -0.25) is 4.79 Å². The third-order valence-electron chi connectivity index (χ3n) is 3.77. The average molecular weight is 449 g/mol. The first-order chi connectivity index (χ1) is 14.0. The number of thioether (sulfide) groups is 1. The number of amides is 1. The quantitative estimate of drug-likeness (QED) is 0.254. The number of carbonyl (C=O) groups excluding carboxylic acids is 1. The zero-order valence-corrected chi connectivity index (χ0v) is 17.8. The van der Waals surface area contributed by atoms with Crippen molar-refractivity contribution < 1.29 is 4.79 Å². The van der Waals surface area contributed by atoms with Gasteiger partial charge in [-0.2, -0.15) is 10.1 Å². The van der Waals surface area contributed by atoms with E-state index >= 15 is 0 Å². The van der Waals surface area contributed by atoms with E-state index in [1.54, 1.807) is 18.2 Å². The Labute approximate surface area is 182 Å². The summed E-state index contributed by atoms with van der Waals surface area (Å²) in [5.74, 6) is 0.733. The summed E-state index contributed by atoms with van der Waals surface area (Å²) in [6.45, 7) is 1.90. The fourth-order valence-corrected chi connectivity index (χ4v) is 3.52. The number of aromatic nitrogens is 3. The van der Waals surface area contributed by atoms with E-state index in [-0.39, 0.29) is 12.3 Å². The van der Waals surface area contributed by atoms with Crippen LogP contribution in [0.3, 0.4) is 0 Å². The first-order valence-corrected chi connectivity index (χ1v) is 10.4. The molecule has 3 aromatic rings. The van der Waals surface area contributed by atoms with E-state index < -0.39 is 0 Å².